The van der Waals surface area contributed by atoms with Crippen molar-refractivity contribution in [1.29, 1.82) is 0 Å². The summed E-state index contributed by atoms with van der Waals surface area (Å²) in [5.74, 6) is 0.957. The summed E-state index contributed by atoms with van der Waals surface area (Å²) in [6.07, 6.45) is 2.27. The molecule has 0 aliphatic carbocycles. The van der Waals surface area contributed by atoms with E-state index in [1.165, 1.54) is 10.4 Å². The second kappa shape index (κ2) is 7.31. The van der Waals surface area contributed by atoms with Crippen molar-refractivity contribution in [3.05, 3.63) is 52.2 Å². The number of benzene rings is 1. The van der Waals surface area contributed by atoms with Crippen molar-refractivity contribution in [3.8, 4) is 5.75 Å². The molecule has 1 unspecified atom stereocenters. The maximum absolute atomic E-state index is 5.69. The summed E-state index contributed by atoms with van der Waals surface area (Å²) in [7, 11) is 2.00. The van der Waals surface area contributed by atoms with Crippen molar-refractivity contribution in [1.82, 2.24) is 5.32 Å². The Hall–Kier alpha value is -1.32. The quantitative estimate of drug-likeness (QED) is 0.763. The van der Waals surface area contributed by atoms with Gasteiger partial charge in [-0.3, -0.25) is 0 Å². The third kappa shape index (κ3) is 3.82. The smallest absolute Gasteiger partial charge is 0.119 e. The Labute approximate surface area is 119 Å². The molecule has 0 amide bonds. The van der Waals surface area contributed by atoms with Crippen LogP contribution in [0.1, 0.15) is 36.2 Å². The number of ether oxygens (including phenoxy) is 1. The Morgan fingerprint density at radius 1 is 1.21 bits per heavy atom. The lowest BCUT2D eigenvalue weighted by molar-refractivity contribution is 0.309. The predicted octanol–water partition coefficient (Wildman–Crippen LogP) is 4.24. The molecule has 19 heavy (non-hydrogen) atoms. The van der Waals surface area contributed by atoms with Gasteiger partial charge in [0.1, 0.15) is 5.75 Å². The Balaban J connectivity index is 2.04. The van der Waals surface area contributed by atoms with Crippen LogP contribution in [0, 0.1) is 0 Å². The largest absolute Gasteiger partial charge is 0.494 e. The van der Waals surface area contributed by atoms with E-state index in [2.05, 4.69) is 54.0 Å². The molecule has 1 aromatic carbocycles. The van der Waals surface area contributed by atoms with Gasteiger partial charge in [-0.05, 0) is 42.6 Å². The van der Waals surface area contributed by atoms with Crippen molar-refractivity contribution < 1.29 is 4.74 Å². The van der Waals surface area contributed by atoms with Crippen molar-refractivity contribution in [2.24, 2.45) is 0 Å². The number of unbranched alkanes of at least 4 members (excludes halogenated alkanes) is 1. The first-order valence-electron chi connectivity index (χ1n) is 6.78. The summed E-state index contributed by atoms with van der Waals surface area (Å²) >= 11 is 1.78. The summed E-state index contributed by atoms with van der Waals surface area (Å²) in [6.45, 7) is 2.97. The van der Waals surface area contributed by atoms with Crippen molar-refractivity contribution in [2.75, 3.05) is 13.7 Å². The molecular weight excluding hydrogens is 254 g/mol. The van der Waals surface area contributed by atoms with Gasteiger partial charge in [0, 0.05) is 4.88 Å². The van der Waals surface area contributed by atoms with Crippen LogP contribution in [0.4, 0.5) is 0 Å². The third-order valence-corrected chi connectivity index (χ3v) is 4.03. The molecule has 1 N–H and O–H groups in total. The minimum Gasteiger partial charge on any atom is -0.494 e. The molecule has 1 heterocycles. The van der Waals surface area contributed by atoms with Crippen LogP contribution in [0.3, 0.4) is 0 Å². The molecule has 2 aromatic rings. The highest BCUT2D eigenvalue weighted by molar-refractivity contribution is 7.10. The monoisotopic (exact) mass is 275 g/mol. The van der Waals surface area contributed by atoms with Gasteiger partial charge < -0.3 is 10.1 Å². The molecule has 3 heteroatoms. The normalized spacial score (nSPS) is 12.3. The SMILES string of the molecule is CCCCOc1ccc(C(NC)c2cccs2)cc1. The van der Waals surface area contributed by atoms with E-state index in [0.717, 1.165) is 25.2 Å². The first-order chi connectivity index (χ1) is 9.35. The summed E-state index contributed by atoms with van der Waals surface area (Å²) in [4.78, 5) is 1.34. The molecule has 102 valence electrons. The zero-order valence-corrected chi connectivity index (χ0v) is 12.4. The fraction of sp³-hybridized carbons (Fsp3) is 0.375. The lowest BCUT2D eigenvalue weighted by Gasteiger charge is -2.15. The van der Waals surface area contributed by atoms with Gasteiger partial charge in [-0.2, -0.15) is 0 Å². The van der Waals surface area contributed by atoms with Gasteiger partial charge >= 0.3 is 0 Å². The molecule has 1 aromatic heterocycles. The molecule has 0 saturated carbocycles. The summed E-state index contributed by atoms with van der Waals surface area (Å²) < 4.78 is 5.69. The molecule has 0 radical (unpaired) electrons. The zero-order valence-electron chi connectivity index (χ0n) is 11.6. The van der Waals surface area contributed by atoms with Crippen molar-refractivity contribution in [2.45, 2.75) is 25.8 Å². The standard InChI is InChI=1S/C16H21NOS/c1-3-4-11-18-14-9-7-13(8-10-14)16(17-2)15-6-5-12-19-15/h5-10,12,16-17H,3-4,11H2,1-2H3. The average Bonchev–Trinajstić information content (AvgIpc) is 2.96. The summed E-state index contributed by atoms with van der Waals surface area (Å²) in [5, 5.41) is 5.48. The van der Waals surface area contributed by atoms with E-state index >= 15 is 0 Å². The number of nitrogens with one attached hydrogen (secondary N) is 1. The van der Waals surface area contributed by atoms with E-state index in [4.69, 9.17) is 4.74 Å². The van der Waals surface area contributed by atoms with E-state index in [1.54, 1.807) is 11.3 Å². The predicted molar refractivity (Wildman–Crippen MR) is 82.1 cm³/mol. The Morgan fingerprint density at radius 3 is 2.58 bits per heavy atom. The van der Waals surface area contributed by atoms with Gasteiger partial charge in [-0.1, -0.05) is 31.5 Å². The molecule has 2 rings (SSSR count). The van der Waals surface area contributed by atoms with E-state index in [9.17, 15) is 0 Å². The Morgan fingerprint density at radius 2 is 2.00 bits per heavy atom. The van der Waals surface area contributed by atoms with Crippen LogP contribution in [0.25, 0.3) is 0 Å². The summed E-state index contributed by atoms with van der Waals surface area (Å²) in [5.41, 5.74) is 1.27. The van der Waals surface area contributed by atoms with Crippen LogP contribution in [0.5, 0.6) is 5.75 Å². The highest BCUT2D eigenvalue weighted by Gasteiger charge is 2.12. The van der Waals surface area contributed by atoms with Crippen LogP contribution in [-0.2, 0) is 0 Å². The van der Waals surface area contributed by atoms with Crippen LogP contribution < -0.4 is 10.1 Å². The molecular formula is C16H21NOS. The van der Waals surface area contributed by atoms with Gasteiger partial charge in [-0.15, -0.1) is 11.3 Å². The second-order valence-electron chi connectivity index (χ2n) is 4.51. The molecule has 0 aliphatic heterocycles. The maximum Gasteiger partial charge on any atom is 0.119 e. The second-order valence-corrected chi connectivity index (χ2v) is 5.49. The fourth-order valence-electron chi connectivity index (χ4n) is 2.02. The van der Waals surface area contributed by atoms with Gasteiger partial charge in [0.05, 0.1) is 12.6 Å². The van der Waals surface area contributed by atoms with E-state index in [-0.39, 0.29) is 6.04 Å². The van der Waals surface area contributed by atoms with Crippen LogP contribution in [0.2, 0.25) is 0 Å². The molecule has 1 atom stereocenters. The molecule has 0 spiro atoms. The zero-order chi connectivity index (χ0) is 13.5. The van der Waals surface area contributed by atoms with Gasteiger partial charge in [-0.25, -0.2) is 0 Å². The Bertz CT molecular complexity index is 464. The minimum atomic E-state index is 0.268. The van der Waals surface area contributed by atoms with E-state index in [0.29, 0.717) is 0 Å². The molecule has 2 nitrogen and oxygen atoms in total. The fourth-order valence-corrected chi connectivity index (χ4v) is 2.88. The van der Waals surface area contributed by atoms with Gasteiger partial charge in [0.15, 0.2) is 0 Å². The lowest BCUT2D eigenvalue weighted by atomic mass is 10.1. The third-order valence-electron chi connectivity index (χ3n) is 3.10. The first kappa shape index (κ1) is 14.1. The molecule has 0 saturated heterocycles. The van der Waals surface area contributed by atoms with Gasteiger partial charge in [0.2, 0.25) is 0 Å². The lowest BCUT2D eigenvalue weighted by Crippen LogP contribution is -2.16. The number of rotatable bonds is 7. The molecule has 0 aliphatic rings. The highest BCUT2D eigenvalue weighted by Crippen LogP contribution is 2.27. The van der Waals surface area contributed by atoms with Crippen LogP contribution in [0.15, 0.2) is 41.8 Å². The van der Waals surface area contributed by atoms with Gasteiger partial charge in [0.25, 0.3) is 0 Å². The summed E-state index contributed by atoms with van der Waals surface area (Å²) in [6, 6.07) is 12.9. The number of thiophene rings is 1. The number of hydrogen-bond acceptors (Lipinski definition) is 3. The Kier molecular flexibility index (Phi) is 5.43. The van der Waals surface area contributed by atoms with Crippen molar-refractivity contribution >= 4 is 11.3 Å². The van der Waals surface area contributed by atoms with E-state index < -0.39 is 0 Å². The highest BCUT2D eigenvalue weighted by atomic mass is 32.1. The number of hydrogen-bond donors (Lipinski definition) is 1. The van der Waals surface area contributed by atoms with E-state index in [1.807, 2.05) is 7.05 Å². The molecule has 0 fully saturated rings. The molecule has 0 bridgehead atoms. The van der Waals surface area contributed by atoms with Crippen LogP contribution >= 0.6 is 11.3 Å². The topological polar surface area (TPSA) is 21.3 Å². The first-order valence-corrected chi connectivity index (χ1v) is 7.66. The van der Waals surface area contributed by atoms with Crippen molar-refractivity contribution in [3.63, 3.8) is 0 Å². The van der Waals surface area contributed by atoms with Crippen LogP contribution in [-0.4, -0.2) is 13.7 Å². The maximum atomic E-state index is 5.69. The minimum absolute atomic E-state index is 0.268. The average molecular weight is 275 g/mol.